The molecule has 3 rings (SSSR count). The second kappa shape index (κ2) is 9.50. The van der Waals surface area contributed by atoms with Crippen molar-refractivity contribution in [2.24, 2.45) is 0 Å². The summed E-state index contributed by atoms with van der Waals surface area (Å²) < 4.78 is 22.2. The second-order valence-electron chi connectivity index (χ2n) is 6.29. The molecule has 1 aromatic heterocycles. The fraction of sp³-hybridized carbons (Fsp3) is 0.333. The first kappa shape index (κ1) is 20.1. The summed E-state index contributed by atoms with van der Waals surface area (Å²) >= 11 is 1.52. The van der Waals surface area contributed by atoms with Gasteiger partial charge in [-0.3, -0.25) is 0 Å². The summed E-state index contributed by atoms with van der Waals surface area (Å²) in [4.78, 5) is 0. The van der Waals surface area contributed by atoms with Gasteiger partial charge in [-0.25, -0.2) is 0 Å². The van der Waals surface area contributed by atoms with E-state index in [1.807, 2.05) is 12.1 Å². The number of hydrogen-bond donors (Lipinski definition) is 0. The Balaban J connectivity index is 1.52. The molecule has 7 heteroatoms. The molecule has 0 atom stereocenters. The standard InChI is InChI=1S/C21H24N2O4S/c1-14-6-7-15(2)19(10-14)26-8-5-9-28-21-23-22-20(27-21)16-11-17(24-3)13-18(12-16)25-4/h6-7,10-13H,5,8-9H2,1-4H3. The average Bonchev–Trinajstić information content (AvgIpc) is 3.18. The van der Waals surface area contributed by atoms with Crippen molar-refractivity contribution < 1.29 is 18.6 Å². The van der Waals surface area contributed by atoms with Crippen molar-refractivity contribution in [1.82, 2.24) is 10.2 Å². The lowest BCUT2D eigenvalue weighted by Crippen LogP contribution is -2.00. The highest BCUT2D eigenvalue weighted by atomic mass is 32.2. The summed E-state index contributed by atoms with van der Waals surface area (Å²) in [5, 5.41) is 8.77. The van der Waals surface area contributed by atoms with E-state index in [9.17, 15) is 0 Å². The molecule has 0 radical (unpaired) electrons. The Kier molecular flexibility index (Phi) is 6.81. The Bertz CT molecular complexity index is 904. The molecule has 0 aliphatic rings. The van der Waals surface area contributed by atoms with Gasteiger partial charge in [-0.2, -0.15) is 0 Å². The lowest BCUT2D eigenvalue weighted by molar-refractivity contribution is 0.316. The van der Waals surface area contributed by atoms with Gasteiger partial charge >= 0.3 is 0 Å². The van der Waals surface area contributed by atoms with E-state index in [0.29, 0.717) is 29.2 Å². The minimum atomic E-state index is 0.436. The molecule has 0 spiro atoms. The predicted molar refractivity (Wildman–Crippen MR) is 110 cm³/mol. The maximum atomic E-state index is 5.87. The number of thioether (sulfide) groups is 1. The van der Waals surface area contributed by atoms with E-state index >= 15 is 0 Å². The van der Waals surface area contributed by atoms with Crippen LogP contribution in [-0.4, -0.2) is 36.8 Å². The summed E-state index contributed by atoms with van der Waals surface area (Å²) in [6.45, 7) is 4.76. The van der Waals surface area contributed by atoms with Gasteiger partial charge in [0, 0.05) is 17.4 Å². The third-order valence-electron chi connectivity index (χ3n) is 4.12. The van der Waals surface area contributed by atoms with E-state index < -0.39 is 0 Å². The van der Waals surface area contributed by atoms with Crippen LogP contribution in [0.25, 0.3) is 11.5 Å². The van der Waals surface area contributed by atoms with E-state index in [1.165, 1.54) is 17.3 Å². The average molecular weight is 401 g/mol. The number of methoxy groups -OCH3 is 2. The van der Waals surface area contributed by atoms with Crippen LogP contribution in [0.4, 0.5) is 0 Å². The van der Waals surface area contributed by atoms with Gasteiger partial charge in [-0.1, -0.05) is 23.9 Å². The summed E-state index contributed by atoms with van der Waals surface area (Å²) in [5.41, 5.74) is 3.10. The zero-order chi connectivity index (χ0) is 19.9. The van der Waals surface area contributed by atoms with Crippen molar-refractivity contribution in [2.45, 2.75) is 25.5 Å². The van der Waals surface area contributed by atoms with Gasteiger partial charge in [0.25, 0.3) is 5.22 Å². The van der Waals surface area contributed by atoms with Gasteiger partial charge in [-0.15, -0.1) is 10.2 Å². The molecule has 0 aliphatic carbocycles. The number of rotatable bonds is 9. The molecular formula is C21H24N2O4S. The normalized spacial score (nSPS) is 10.7. The molecule has 0 fully saturated rings. The lowest BCUT2D eigenvalue weighted by Gasteiger charge is -2.09. The van der Waals surface area contributed by atoms with Crippen molar-refractivity contribution in [3.05, 3.63) is 47.5 Å². The minimum Gasteiger partial charge on any atom is -0.497 e. The van der Waals surface area contributed by atoms with Gasteiger partial charge < -0.3 is 18.6 Å². The minimum absolute atomic E-state index is 0.436. The van der Waals surface area contributed by atoms with E-state index in [2.05, 4.69) is 42.2 Å². The van der Waals surface area contributed by atoms with Crippen molar-refractivity contribution in [1.29, 1.82) is 0 Å². The first-order valence-corrected chi connectivity index (χ1v) is 9.97. The first-order chi connectivity index (χ1) is 13.6. The Labute approximate surface area is 169 Å². The summed E-state index contributed by atoms with van der Waals surface area (Å²) in [6.07, 6.45) is 0.878. The molecule has 0 N–H and O–H groups in total. The van der Waals surface area contributed by atoms with E-state index in [4.69, 9.17) is 18.6 Å². The molecule has 0 saturated heterocycles. The van der Waals surface area contributed by atoms with Crippen LogP contribution in [0.3, 0.4) is 0 Å². The zero-order valence-electron chi connectivity index (χ0n) is 16.5. The number of hydrogen-bond acceptors (Lipinski definition) is 7. The van der Waals surface area contributed by atoms with Crippen LogP contribution >= 0.6 is 11.8 Å². The fourth-order valence-corrected chi connectivity index (χ4v) is 3.25. The summed E-state index contributed by atoms with van der Waals surface area (Å²) in [6, 6.07) is 11.7. The fourth-order valence-electron chi connectivity index (χ4n) is 2.58. The topological polar surface area (TPSA) is 66.6 Å². The van der Waals surface area contributed by atoms with E-state index in [1.54, 1.807) is 20.3 Å². The highest BCUT2D eigenvalue weighted by Crippen LogP contribution is 2.30. The monoisotopic (exact) mass is 400 g/mol. The van der Waals surface area contributed by atoms with Crippen LogP contribution in [0.5, 0.6) is 17.2 Å². The Morgan fingerprint density at radius 1 is 0.964 bits per heavy atom. The number of nitrogens with zero attached hydrogens (tertiary/aromatic N) is 2. The molecule has 148 valence electrons. The van der Waals surface area contributed by atoms with Gasteiger partial charge in [0.15, 0.2) is 0 Å². The second-order valence-corrected chi connectivity index (χ2v) is 7.34. The zero-order valence-corrected chi connectivity index (χ0v) is 17.3. The van der Waals surface area contributed by atoms with Gasteiger partial charge in [-0.05, 0) is 49.6 Å². The molecule has 0 aliphatic heterocycles. The highest BCUT2D eigenvalue weighted by Gasteiger charge is 2.12. The molecular weight excluding hydrogens is 376 g/mol. The molecule has 1 heterocycles. The Morgan fingerprint density at radius 2 is 1.71 bits per heavy atom. The van der Waals surface area contributed by atoms with E-state index in [-0.39, 0.29) is 0 Å². The maximum absolute atomic E-state index is 5.87. The van der Waals surface area contributed by atoms with Gasteiger partial charge in [0.1, 0.15) is 17.2 Å². The Hall–Kier alpha value is -2.67. The van der Waals surface area contributed by atoms with Crippen molar-refractivity contribution in [3.63, 3.8) is 0 Å². The first-order valence-electron chi connectivity index (χ1n) is 8.99. The van der Waals surface area contributed by atoms with Crippen LogP contribution in [0.15, 0.2) is 46.0 Å². The van der Waals surface area contributed by atoms with Crippen LogP contribution in [0.1, 0.15) is 17.5 Å². The highest BCUT2D eigenvalue weighted by molar-refractivity contribution is 7.99. The van der Waals surface area contributed by atoms with Crippen LogP contribution in [0, 0.1) is 13.8 Å². The Morgan fingerprint density at radius 3 is 2.43 bits per heavy atom. The molecule has 2 aromatic carbocycles. The third-order valence-corrected chi connectivity index (χ3v) is 5.03. The lowest BCUT2D eigenvalue weighted by atomic mass is 10.1. The van der Waals surface area contributed by atoms with Crippen molar-refractivity contribution in [2.75, 3.05) is 26.6 Å². The van der Waals surface area contributed by atoms with Crippen LogP contribution in [-0.2, 0) is 0 Å². The number of aryl methyl sites for hydroxylation is 2. The number of aromatic nitrogens is 2. The summed E-state index contributed by atoms with van der Waals surface area (Å²) in [5.74, 6) is 3.55. The SMILES string of the molecule is COc1cc(OC)cc(-c2nnc(SCCCOc3cc(C)ccc3C)o2)c1. The molecule has 0 amide bonds. The molecule has 0 unspecified atom stereocenters. The number of ether oxygens (including phenoxy) is 3. The van der Waals surface area contributed by atoms with E-state index in [0.717, 1.165) is 29.1 Å². The quantitative estimate of drug-likeness (QED) is 0.372. The third kappa shape index (κ3) is 5.19. The maximum Gasteiger partial charge on any atom is 0.276 e. The largest absolute Gasteiger partial charge is 0.497 e. The predicted octanol–water partition coefficient (Wildman–Crippen LogP) is 4.93. The van der Waals surface area contributed by atoms with Crippen molar-refractivity contribution >= 4 is 11.8 Å². The molecule has 28 heavy (non-hydrogen) atoms. The smallest absolute Gasteiger partial charge is 0.276 e. The molecule has 3 aromatic rings. The van der Waals surface area contributed by atoms with Crippen LogP contribution < -0.4 is 14.2 Å². The van der Waals surface area contributed by atoms with Crippen LogP contribution in [0.2, 0.25) is 0 Å². The summed E-state index contributed by atoms with van der Waals surface area (Å²) in [7, 11) is 3.21. The number of benzene rings is 2. The van der Waals surface area contributed by atoms with Gasteiger partial charge in [0.2, 0.25) is 5.89 Å². The van der Waals surface area contributed by atoms with Crippen molar-refractivity contribution in [3.8, 4) is 28.7 Å². The molecule has 0 saturated carbocycles. The van der Waals surface area contributed by atoms with Gasteiger partial charge in [0.05, 0.1) is 20.8 Å². The molecule has 6 nitrogen and oxygen atoms in total. The molecule has 0 bridgehead atoms.